The average Bonchev–Trinajstić information content (AvgIpc) is 3.41. The lowest BCUT2D eigenvalue weighted by atomic mass is 9.49. The molecule has 4 aliphatic rings. The van der Waals surface area contributed by atoms with Crippen LogP contribution in [0.15, 0.2) is 84.4 Å². The monoisotopic (exact) mass is 607 g/mol. The van der Waals surface area contributed by atoms with Gasteiger partial charge in [0.05, 0.1) is 28.9 Å². The number of imide groups is 2. The van der Waals surface area contributed by atoms with E-state index in [0.29, 0.717) is 29.8 Å². The Kier molecular flexibility index (Phi) is 6.87. The van der Waals surface area contributed by atoms with Crippen LogP contribution in [0.25, 0.3) is 0 Å². The van der Waals surface area contributed by atoms with Crippen LogP contribution < -0.4 is 5.43 Å². The van der Waals surface area contributed by atoms with E-state index in [0.717, 1.165) is 16.6 Å². The second-order valence-electron chi connectivity index (χ2n) is 12.6. The highest BCUT2D eigenvalue weighted by Gasteiger charge is 2.70. The first-order valence-corrected chi connectivity index (χ1v) is 15.5. The Morgan fingerprint density at radius 3 is 2.36 bits per heavy atom. The van der Waals surface area contributed by atoms with Gasteiger partial charge < -0.3 is 5.11 Å². The van der Waals surface area contributed by atoms with Crippen molar-refractivity contribution >= 4 is 29.3 Å². The first kappa shape index (κ1) is 29.0. The van der Waals surface area contributed by atoms with Gasteiger partial charge in [-0.05, 0) is 55.9 Å². The molecule has 2 N–H and O–H groups in total. The number of para-hydroxylation sites is 1. The number of phenolic OH excluding ortho intramolecular Hbond substituents is 1. The molecule has 0 spiro atoms. The van der Waals surface area contributed by atoms with Crippen LogP contribution in [0.5, 0.6) is 5.75 Å². The van der Waals surface area contributed by atoms with Crippen molar-refractivity contribution in [3.8, 4) is 5.75 Å². The second-order valence-corrected chi connectivity index (χ2v) is 12.6. The van der Waals surface area contributed by atoms with Crippen LogP contribution in [0.3, 0.4) is 0 Å². The number of allylic oxidation sites excluding steroid dienone is 2. The summed E-state index contributed by atoms with van der Waals surface area (Å²) in [5.41, 5.74) is 4.41. The molecule has 2 saturated heterocycles. The third-order valence-corrected chi connectivity index (χ3v) is 10.3. The molecule has 1 saturated carbocycles. The molecule has 2 heterocycles. The summed E-state index contributed by atoms with van der Waals surface area (Å²) in [7, 11) is 0. The van der Waals surface area contributed by atoms with Gasteiger partial charge in [0, 0.05) is 18.0 Å². The molecule has 3 fully saturated rings. The number of aromatic hydroxyl groups is 1. The number of fused-ring (bicyclic) bond motifs is 4. The van der Waals surface area contributed by atoms with Gasteiger partial charge in [0.15, 0.2) is 11.6 Å². The highest BCUT2D eigenvalue weighted by molar-refractivity contribution is 6.13. The first-order valence-electron chi connectivity index (χ1n) is 15.5. The fraction of sp³-hybridized carbons (Fsp3) is 0.333. The molecule has 2 aliphatic carbocycles. The molecular formula is C36H34FN3O5. The lowest BCUT2D eigenvalue weighted by Crippen LogP contribution is -2.53. The number of amides is 4. The number of hydrazine groups is 1. The summed E-state index contributed by atoms with van der Waals surface area (Å²) in [5, 5.41) is 12.3. The van der Waals surface area contributed by atoms with Crippen LogP contribution in [0, 0.1) is 36.4 Å². The Morgan fingerprint density at radius 2 is 1.64 bits per heavy atom. The predicted molar refractivity (Wildman–Crippen MR) is 164 cm³/mol. The minimum atomic E-state index is -1.56. The standard InChI is InChI=1S/C36H34FN3O5/c1-3-18-39-32(42)24-17-16-23-26(29(24)34(39)44)19-27-33(43)40(38-22-14-12-20(2)13-15-22)35(45)36(27,21-8-5-4-6-9-21)30(23)25-10-7-11-28(37)31(25)41/h4-16,24,26-27,29-30,38,41H,3,17-19H2,1-2H3/t24-,26+,27-,29-,30+,36+/m0/s1. The van der Waals surface area contributed by atoms with E-state index in [9.17, 15) is 24.3 Å². The number of hydrogen-bond acceptors (Lipinski definition) is 6. The quantitative estimate of drug-likeness (QED) is 0.294. The summed E-state index contributed by atoms with van der Waals surface area (Å²) >= 11 is 0. The molecule has 0 unspecified atom stereocenters. The van der Waals surface area contributed by atoms with Gasteiger partial charge >= 0.3 is 0 Å². The molecule has 230 valence electrons. The zero-order chi connectivity index (χ0) is 31.6. The molecule has 3 aromatic carbocycles. The number of benzene rings is 3. The van der Waals surface area contributed by atoms with Crippen molar-refractivity contribution in [2.45, 2.75) is 44.4 Å². The highest BCUT2D eigenvalue weighted by atomic mass is 19.1. The summed E-state index contributed by atoms with van der Waals surface area (Å²) in [6.45, 7) is 4.15. The minimum absolute atomic E-state index is 0.143. The molecule has 2 aliphatic heterocycles. The molecule has 0 aromatic heterocycles. The number of halogens is 1. The summed E-state index contributed by atoms with van der Waals surface area (Å²) in [4.78, 5) is 58.1. The fourth-order valence-corrected chi connectivity index (χ4v) is 8.37. The van der Waals surface area contributed by atoms with Gasteiger partial charge in [-0.15, -0.1) is 0 Å². The molecule has 8 nitrogen and oxygen atoms in total. The highest BCUT2D eigenvalue weighted by Crippen LogP contribution is 2.64. The molecule has 45 heavy (non-hydrogen) atoms. The number of hydrogen-bond donors (Lipinski definition) is 2. The summed E-state index contributed by atoms with van der Waals surface area (Å²) < 4.78 is 15.1. The maximum Gasteiger partial charge on any atom is 0.260 e. The number of nitrogens with one attached hydrogen (secondary N) is 1. The average molecular weight is 608 g/mol. The molecule has 7 rings (SSSR count). The van der Waals surface area contributed by atoms with Crippen molar-refractivity contribution < 1.29 is 28.7 Å². The van der Waals surface area contributed by atoms with Gasteiger partial charge in [0.2, 0.25) is 11.8 Å². The van der Waals surface area contributed by atoms with Crippen LogP contribution in [-0.4, -0.2) is 45.2 Å². The number of aryl methyl sites for hydroxylation is 1. The zero-order valence-electron chi connectivity index (χ0n) is 25.1. The number of anilines is 1. The molecule has 6 atom stereocenters. The van der Waals surface area contributed by atoms with E-state index in [1.54, 1.807) is 42.5 Å². The van der Waals surface area contributed by atoms with Crippen LogP contribution in [0.4, 0.5) is 10.1 Å². The maximum atomic E-state index is 15.1. The predicted octanol–water partition coefficient (Wildman–Crippen LogP) is 5.23. The van der Waals surface area contributed by atoms with Crippen molar-refractivity contribution in [2.75, 3.05) is 12.0 Å². The molecule has 0 radical (unpaired) electrons. The van der Waals surface area contributed by atoms with Crippen LogP contribution >= 0.6 is 0 Å². The van der Waals surface area contributed by atoms with Gasteiger partial charge in [0.1, 0.15) is 0 Å². The van der Waals surface area contributed by atoms with E-state index in [-0.39, 0.29) is 30.2 Å². The van der Waals surface area contributed by atoms with E-state index in [1.807, 2.05) is 38.1 Å². The van der Waals surface area contributed by atoms with Gasteiger partial charge in [0.25, 0.3) is 11.8 Å². The van der Waals surface area contributed by atoms with Crippen LogP contribution in [0.1, 0.15) is 48.8 Å². The lowest BCUT2D eigenvalue weighted by molar-refractivity contribution is -0.141. The van der Waals surface area contributed by atoms with E-state index in [4.69, 9.17) is 0 Å². The molecule has 9 heteroatoms. The summed E-state index contributed by atoms with van der Waals surface area (Å²) in [5.74, 6) is -6.75. The number of rotatable bonds is 6. The zero-order valence-corrected chi connectivity index (χ0v) is 25.1. The Hall–Kier alpha value is -4.79. The van der Waals surface area contributed by atoms with Crippen LogP contribution in [0.2, 0.25) is 0 Å². The van der Waals surface area contributed by atoms with Gasteiger partial charge in [-0.3, -0.25) is 29.5 Å². The normalized spacial score (nSPS) is 29.0. The minimum Gasteiger partial charge on any atom is -0.505 e. The van der Waals surface area contributed by atoms with Crippen molar-refractivity contribution in [1.82, 2.24) is 9.91 Å². The lowest BCUT2D eigenvalue weighted by Gasteiger charge is -2.50. The van der Waals surface area contributed by atoms with Gasteiger partial charge in [-0.1, -0.05) is 78.7 Å². The molecule has 4 amide bonds. The Labute approximate surface area is 260 Å². The Morgan fingerprint density at radius 1 is 0.911 bits per heavy atom. The van der Waals surface area contributed by atoms with Gasteiger partial charge in [-0.25, -0.2) is 4.39 Å². The largest absolute Gasteiger partial charge is 0.505 e. The second kappa shape index (κ2) is 10.7. The maximum absolute atomic E-state index is 15.1. The SMILES string of the molecule is CCCN1C(=O)[C@H]2[C@H](CC=C3[C@H]2C[C@H]2C(=O)N(Nc4ccc(C)cc4)C(=O)[C@@]2(c2ccccc2)[C@H]3c2cccc(F)c2O)C1=O. The summed E-state index contributed by atoms with van der Waals surface area (Å²) in [6, 6.07) is 20.5. The molecular weight excluding hydrogens is 573 g/mol. The van der Waals surface area contributed by atoms with E-state index in [2.05, 4.69) is 5.43 Å². The van der Waals surface area contributed by atoms with Crippen LogP contribution in [-0.2, 0) is 24.6 Å². The number of carbonyl (C=O) groups is 4. The number of phenols is 1. The van der Waals surface area contributed by atoms with Gasteiger partial charge in [-0.2, -0.15) is 5.01 Å². The molecule has 0 bridgehead atoms. The van der Waals surface area contributed by atoms with Crippen molar-refractivity contribution in [3.63, 3.8) is 0 Å². The van der Waals surface area contributed by atoms with E-state index < -0.39 is 58.4 Å². The van der Waals surface area contributed by atoms with Crippen molar-refractivity contribution in [1.29, 1.82) is 0 Å². The third kappa shape index (κ3) is 4.09. The number of nitrogens with zero attached hydrogens (tertiary/aromatic N) is 2. The topological polar surface area (TPSA) is 107 Å². The van der Waals surface area contributed by atoms with E-state index in [1.165, 1.54) is 11.0 Å². The van der Waals surface area contributed by atoms with Crippen molar-refractivity contribution in [3.05, 3.63) is 107 Å². The number of likely N-dealkylation sites (tertiary alicyclic amines) is 1. The first-order chi connectivity index (χ1) is 21.7. The number of carbonyl (C=O) groups excluding carboxylic acids is 4. The smallest absolute Gasteiger partial charge is 0.260 e. The summed E-state index contributed by atoms with van der Waals surface area (Å²) in [6.07, 6.45) is 2.94. The van der Waals surface area contributed by atoms with Crippen molar-refractivity contribution in [2.24, 2.45) is 23.7 Å². The third-order valence-electron chi connectivity index (χ3n) is 10.3. The Bertz CT molecular complexity index is 1760. The van der Waals surface area contributed by atoms with E-state index >= 15 is 4.39 Å². The Balaban J connectivity index is 1.46. The fourth-order valence-electron chi connectivity index (χ4n) is 8.37. The molecule has 3 aromatic rings.